The maximum atomic E-state index is 13.7. The summed E-state index contributed by atoms with van der Waals surface area (Å²) in [7, 11) is 0. The summed E-state index contributed by atoms with van der Waals surface area (Å²) >= 11 is 0. The van der Waals surface area contributed by atoms with Crippen LogP contribution >= 0.6 is 0 Å². The fourth-order valence-corrected chi connectivity index (χ4v) is 3.38. The van der Waals surface area contributed by atoms with Crippen molar-refractivity contribution in [2.45, 2.75) is 18.8 Å². The van der Waals surface area contributed by atoms with Crippen molar-refractivity contribution in [1.82, 2.24) is 0 Å². The summed E-state index contributed by atoms with van der Waals surface area (Å²) in [5.74, 6) is -1.47. The predicted octanol–water partition coefficient (Wildman–Crippen LogP) is 4.64. The Kier molecular flexibility index (Phi) is 6.35. The van der Waals surface area contributed by atoms with Gasteiger partial charge >= 0.3 is 5.97 Å². The summed E-state index contributed by atoms with van der Waals surface area (Å²) in [6.45, 7) is 1.79. The van der Waals surface area contributed by atoms with Crippen LogP contribution in [0.5, 0.6) is 0 Å². The minimum absolute atomic E-state index is 0.106. The van der Waals surface area contributed by atoms with Crippen molar-refractivity contribution >= 4 is 17.5 Å². The Morgan fingerprint density at radius 3 is 1.72 bits per heavy atom. The molecule has 0 bridgehead atoms. The van der Waals surface area contributed by atoms with Crippen molar-refractivity contribution in [2.24, 2.45) is 0 Å². The fourth-order valence-electron chi connectivity index (χ4n) is 3.38. The fraction of sp³-hybridized carbons (Fsp3) is 0.160. The molecule has 0 spiro atoms. The Morgan fingerprint density at radius 1 is 0.724 bits per heavy atom. The van der Waals surface area contributed by atoms with Gasteiger partial charge in [-0.1, -0.05) is 91.0 Å². The van der Waals surface area contributed by atoms with Gasteiger partial charge < -0.3 is 4.74 Å². The SMILES string of the molecule is CCOC(=O)[C@@](CC(=O)c1ccccc1)(C(=O)c1ccccc1)c1ccccc1. The van der Waals surface area contributed by atoms with Gasteiger partial charge in [0.1, 0.15) is 0 Å². The summed E-state index contributed by atoms with van der Waals surface area (Å²) in [6.07, 6.45) is -0.312. The number of hydrogen-bond donors (Lipinski definition) is 0. The number of esters is 1. The van der Waals surface area contributed by atoms with E-state index >= 15 is 0 Å². The number of rotatable bonds is 8. The van der Waals surface area contributed by atoms with Crippen LogP contribution in [-0.4, -0.2) is 24.1 Å². The van der Waals surface area contributed by atoms with Gasteiger partial charge in [-0.3, -0.25) is 14.4 Å². The number of ketones is 2. The molecule has 0 saturated heterocycles. The Morgan fingerprint density at radius 2 is 1.21 bits per heavy atom. The van der Waals surface area contributed by atoms with Gasteiger partial charge in [0.05, 0.1) is 6.61 Å². The Labute approximate surface area is 170 Å². The van der Waals surface area contributed by atoms with Crippen LogP contribution in [0.15, 0.2) is 91.0 Å². The second-order valence-electron chi connectivity index (χ2n) is 6.65. The molecule has 3 rings (SSSR count). The monoisotopic (exact) mass is 386 g/mol. The maximum absolute atomic E-state index is 13.7. The molecule has 1 atom stereocenters. The largest absolute Gasteiger partial charge is 0.465 e. The molecule has 0 unspecified atom stereocenters. The number of benzene rings is 3. The summed E-state index contributed by atoms with van der Waals surface area (Å²) in [4.78, 5) is 40.1. The van der Waals surface area contributed by atoms with E-state index in [0.29, 0.717) is 16.7 Å². The van der Waals surface area contributed by atoms with Crippen molar-refractivity contribution in [2.75, 3.05) is 6.61 Å². The molecule has 0 aliphatic carbocycles. The summed E-state index contributed by atoms with van der Waals surface area (Å²) in [5, 5.41) is 0. The highest BCUT2D eigenvalue weighted by atomic mass is 16.5. The summed E-state index contributed by atoms with van der Waals surface area (Å²) in [5.41, 5.74) is -0.522. The molecule has 3 aromatic rings. The smallest absolute Gasteiger partial charge is 0.325 e. The lowest BCUT2D eigenvalue weighted by atomic mass is 9.70. The van der Waals surface area contributed by atoms with E-state index in [4.69, 9.17) is 4.74 Å². The van der Waals surface area contributed by atoms with Crippen molar-refractivity contribution in [1.29, 1.82) is 0 Å². The average molecular weight is 386 g/mol. The van der Waals surface area contributed by atoms with Gasteiger partial charge in [-0.2, -0.15) is 0 Å². The topological polar surface area (TPSA) is 60.4 Å². The zero-order valence-corrected chi connectivity index (χ0v) is 16.2. The Hall–Kier alpha value is -3.53. The number of Topliss-reactive ketones (excluding diaryl/α,β-unsaturated/α-hetero) is 2. The van der Waals surface area contributed by atoms with Crippen LogP contribution in [0.1, 0.15) is 39.6 Å². The van der Waals surface area contributed by atoms with E-state index in [1.807, 2.05) is 6.07 Å². The zero-order chi connectivity index (χ0) is 20.7. The van der Waals surface area contributed by atoms with Crippen LogP contribution in [-0.2, 0) is 14.9 Å². The highest BCUT2D eigenvalue weighted by Gasteiger charge is 2.50. The lowest BCUT2D eigenvalue weighted by Crippen LogP contribution is -2.47. The van der Waals surface area contributed by atoms with Crippen LogP contribution in [0.4, 0.5) is 0 Å². The molecule has 0 heterocycles. The first kappa shape index (κ1) is 20.2. The van der Waals surface area contributed by atoms with Gasteiger partial charge in [-0.25, -0.2) is 0 Å². The van der Waals surface area contributed by atoms with E-state index in [0.717, 1.165) is 0 Å². The van der Waals surface area contributed by atoms with Crippen molar-refractivity contribution in [3.8, 4) is 0 Å². The molecule has 0 saturated carbocycles. The third kappa shape index (κ3) is 4.16. The summed E-state index contributed by atoms with van der Waals surface area (Å²) in [6, 6.07) is 25.9. The van der Waals surface area contributed by atoms with Gasteiger partial charge in [0.2, 0.25) is 0 Å². The minimum Gasteiger partial charge on any atom is -0.465 e. The van der Waals surface area contributed by atoms with E-state index in [9.17, 15) is 14.4 Å². The number of carbonyl (C=O) groups excluding carboxylic acids is 3. The van der Waals surface area contributed by atoms with Crippen molar-refractivity contribution in [3.05, 3.63) is 108 Å². The molecule has 29 heavy (non-hydrogen) atoms. The third-order valence-electron chi connectivity index (χ3n) is 4.84. The van der Waals surface area contributed by atoms with Crippen LogP contribution in [0.25, 0.3) is 0 Å². The van der Waals surface area contributed by atoms with Crippen molar-refractivity contribution in [3.63, 3.8) is 0 Å². The summed E-state index contributed by atoms with van der Waals surface area (Å²) < 4.78 is 5.33. The Balaban J connectivity index is 2.18. The molecular weight excluding hydrogens is 364 g/mol. The normalized spacial score (nSPS) is 12.6. The average Bonchev–Trinajstić information content (AvgIpc) is 2.78. The standard InChI is InChI=1S/C25H22O4/c1-2-29-24(28)25(21-16-10-5-11-17-21,23(27)20-14-8-4-9-15-20)18-22(26)19-12-6-3-7-13-19/h3-17H,2,18H2,1H3/t25-/m1/s1. The molecule has 0 fully saturated rings. The van der Waals surface area contributed by atoms with Gasteiger partial charge in [0.15, 0.2) is 17.0 Å². The molecule has 0 N–H and O–H groups in total. The highest BCUT2D eigenvalue weighted by molar-refractivity contribution is 6.20. The van der Waals surface area contributed by atoms with E-state index < -0.39 is 17.2 Å². The van der Waals surface area contributed by atoms with Gasteiger partial charge in [0.25, 0.3) is 0 Å². The van der Waals surface area contributed by atoms with Gasteiger partial charge in [0, 0.05) is 17.5 Å². The quantitative estimate of drug-likeness (QED) is 0.321. The lowest BCUT2D eigenvalue weighted by Gasteiger charge is -2.30. The second kappa shape index (κ2) is 9.11. The first-order chi connectivity index (χ1) is 14.1. The molecule has 0 radical (unpaired) electrons. The zero-order valence-electron chi connectivity index (χ0n) is 16.2. The molecule has 4 heteroatoms. The van der Waals surface area contributed by atoms with E-state index in [1.165, 1.54) is 0 Å². The maximum Gasteiger partial charge on any atom is 0.325 e. The minimum atomic E-state index is -1.76. The van der Waals surface area contributed by atoms with Gasteiger partial charge in [-0.15, -0.1) is 0 Å². The van der Waals surface area contributed by atoms with E-state index in [1.54, 1.807) is 91.9 Å². The van der Waals surface area contributed by atoms with E-state index in [2.05, 4.69) is 0 Å². The molecule has 0 aliphatic rings. The third-order valence-corrected chi connectivity index (χ3v) is 4.84. The van der Waals surface area contributed by atoms with Crippen LogP contribution in [0.3, 0.4) is 0 Å². The predicted molar refractivity (Wildman–Crippen MR) is 111 cm³/mol. The Bertz CT molecular complexity index is 981. The molecule has 0 aromatic heterocycles. The molecular formula is C25H22O4. The van der Waals surface area contributed by atoms with Crippen LogP contribution < -0.4 is 0 Å². The molecule has 146 valence electrons. The van der Waals surface area contributed by atoms with Crippen molar-refractivity contribution < 1.29 is 19.1 Å². The number of carbonyl (C=O) groups is 3. The molecule has 3 aromatic carbocycles. The van der Waals surface area contributed by atoms with Crippen LogP contribution in [0.2, 0.25) is 0 Å². The second-order valence-corrected chi connectivity index (χ2v) is 6.65. The highest BCUT2D eigenvalue weighted by Crippen LogP contribution is 2.35. The number of ether oxygens (including phenoxy) is 1. The van der Waals surface area contributed by atoms with E-state index in [-0.39, 0.29) is 18.8 Å². The first-order valence-electron chi connectivity index (χ1n) is 9.50. The lowest BCUT2D eigenvalue weighted by molar-refractivity contribution is -0.148. The van der Waals surface area contributed by atoms with Crippen LogP contribution in [0, 0.1) is 0 Å². The molecule has 0 aliphatic heterocycles. The molecule has 0 amide bonds. The van der Waals surface area contributed by atoms with Gasteiger partial charge in [-0.05, 0) is 12.5 Å². The number of hydrogen-bond acceptors (Lipinski definition) is 4. The molecule has 4 nitrogen and oxygen atoms in total. The first-order valence-corrected chi connectivity index (χ1v) is 9.50.